The van der Waals surface area contributed by atoms with Gasteiger partial charge in [0.25, 0.3) is 17.7 Å². The highest BCUT2D eigenvalue weighted by molar-refractivity contribution is 6.07. The maximum Gasteiger partial charge on any atom is 0.272 e. The molecule has 4 aromatic rings. The predicted molar refractivity (Wildman–Crippen MR) is 154 cm³/mol. The minimum Gasteiger partial charge on any atom is -0.497 e. The molecule has 0 bridgehead atoms. The molecule has 0 saturated carbocycles. The summed E-state index contributed by atoms with van der Waals surface area (Å²) in [6.07, 6.45) is 8.56. The standard InChI is InChI=1S/C29H31N7O4/c1-35-18-23(14-25(35)28(38)31-13-12-30)34-29(39)26-15-22(17-36(26)2)33-27(37)20-7-9-21(32-16-20)8-4-19-5-10-24(40-3)11-6-19/h4-11,14-18H,12-13,30H2,1-3H3,(H,31,38)(H,33,37)(H,34,39)/b8-4+. The van der Waals surface area contributed by atoms with Crippen molar-refractivity contribution in [3.8, 4) is 5.75 Å². The molecule has 11 heteroatoms. The number of methoxy groups -OCH3 is 1. The first kappa shape index (κ1) is 27.9. The molecule has 0 aliphatic rings. The van der Waals surface area contributed by atoms with E-state index >= 15 is 0 Å². The van der Waals surface area contributed by atoms with Gasteiger partial charge in [0.05, 0.1) is 29.7 Å². The van der Waals surface area contributed by atoms with E-state index in [1.54, 1.807) is 67.0 Å². The second kappa shape index (κ2) is 12.6. The van der Waals surface area contributed by atoms with E-state index in [0.717, 1.165) is 11.3 Å². The number of hydrogen-bond donors (Lipinski definition) is 4. The van der Waals surface area contributed by atoms with Crippen LogP contribution >= 0.6 is 0 Å². The molecular formula is C29H31N7O4. The Kier molecular flexibility index (Phi) is 8.77. The molecule has 0 radical (unpaired) electrons. The Morgan fingerprint density at radius 3 is 2.08 bits per heavy atom. The Morgan fingerprint density at radius 1 is 0.875 bits per heavy atom. The molecule has 0 saturated heterocycles. The molecule has 5 N–H and O–H groups in total. The largest absolute Gasteiger partial charge is 0.497 e. The van der Waals surface area contributed by atoms with E-state index in [9.17, 15) is 14.4 Å². The predicted octanol–water partition coefficient (Wildman–Crippen LogP) is 3.13. The van der Waals surface area contributed by atoms with Gasteiger partial charge in [-0.1, -0.05) is 18.2 Å². The van der Waals surface area contributed by atoms with Crippen LogP contribution in [0.3, 0.4) is 0 Å². The summed E-state index contributed by atoms with van der Waals surface area (Å²) in [6.45, 7) is 0.683. The van der Waals surface area contributed by atoms with Crippen molar-refractivity contribution in [1.82, 2.24) is 19.4 Å². The van der Waals surface area contributed by atoms with Gasteiger partial charge in [-0.25, -0.2) is 0 Å². The lowest BCUT2D eigenvalue weighted by Gasteiger charge is -2.03. The van der Waals surface area contributed by atoms with Crippen LogP contribution in [0, 0.1) is 0 Å². The molecule has 1 aromatic carbocycles. The van der Waals surface area contributed by atoms with Crippen molar-refractivity contribution in [3.63, 3.8) is 0 Å². The highest BCUT2D eigenvalue weighted by atomic mass is 16.5. The number of hydrogen-bond acceptors (Lipinski definition) is 6. The van der Waals surface area contributed by atoms with Crippen LogP contribution in [0.15, 0.2) is 67.1 Å². The molecule has 0 fully saturated rings. The summed E-state index contributed by atoms with van der Waals surface area (Å²) in [5.41, 5.74) is 9.14. The Bertz CT molecular complexity index is 1530. The van der Waals surface area contributed by atoms with E-state index in [-0.39, 0.29) is 11.8 Å². The smallest absolute Gasteiger partial charge is 0.272 e. The van der Waals surface area contributed by atoms with Gasteiger partial charge in [-0.15, -0.1) is 0 Å². The Hall–Kier alpha value is -5.16. The zero-order valence-corrected chi connectivity index (χ0v) is 22.5. The molecule has 4 rings (SSSR count). The van der Waals surface area contributed by atoms with Gasteiger partial charge in [-0.2, -0.15) is 0 Å². The molecule has 0 aliphatic carbocycles. The van der Waals surface area contributed by atoms with Crippen LogP contribution in [0.1, 0.15) is 42.6 Å². The van der Waals surface area contributed by atoms with Crippen molar-refractivity contribution >= 4 is 41.2 Å². The van der Waals surface area contributed by atoms with Gasteiger partial charge in [0, 0.05) is 45.8 Å². The number of carbonyl (C=O) groups is 3. The van der Waals surface area contributed by atoms with Crippen LogP contribution in [0.4, 0.5) is 11.4 Å². The summed E-state index contributed by atoms with van der Waals surface area (Å²) in [7, 11) is 5.03. The van der Waals surface area contributed by atoms with E-state index < -0.39 is 5.91 Å². The molecule has 0 unspecified atom stereocenters. The van der Waals surface area contributed by atoms with E-state index in [2.05, 4.69) is 20.9 Å². The number of amides is 3. The van der Waals surface area contributed by atoms with Gasteiger partial charge in [0.15, 0.2) is 0 Å². The molecule has 11 nitrogen and oxygen atoms in total. The fourth-order valence-corrected chi connectivity index (χ4v) is 3.93. The third kappa shape index (κ3) is 6.83. The zero-order valence-electron chi connectivity index (χ0n) is 22.5. The molecular weight excluding hydrogens is 510 g/mol. The highest BCUT2D eigenvalue weighted by Gasteiger charge is 2.17. The second-order valence-electron chi connectivity index (χ2n) is 8.98. The first-order chi connectivity index (χ1) is 19.3. The summed E-state index contributed by atoms with van der Waals surface area (Å²) < 4.78 is 8.39. The Labute approximate surface area is 231 Å². The number of ether oxygens (including phenoxy) is 1. The normalized spacial score (nSPS) is 10.9. The fourth-order valence-electron chi connectivity index (χ4n) is 3.93. The van der Waals surface area contributed by atoms with Gasteiger partial charge in [-0.05, 0) is 48.0 Å². The number of nitrogens with one attached hydrogen (secondary N) is 3. The number of benzene rings is 1. The lowest BCUT2D eigenvalue weighted by atomic mass is 10.1. The topological polar surface area (TPSA) is 145 Å². The number of aryl methyl sites for hydroxylation is 2. The Balaban J connectivity index is 1.37. The maximum atomic E-state index is 12.9. The van der Waals surface area contributed by atoms with Crippen LogP contribution in [0.5, 0.6) is 5.75 Å². The number of pyridine rings is 1. The summed E-state index contributed by atoms with van der Waals surface area (Å²) in [5.74, 6) is -0.246. The number of anilines is 2. The fraction of sp³-hybridized carbons (Fsp3) is 0.172. The number of nitrogens with zero attached hydrogens (tertiary/aromatic N) is 3. The van der Waals surface area contributed by atoms with Crippen LogP contribution < -0.4 is 26.4 Å². The average Bonchev–Trinajstić information content (AvgIpc) is 3.51. The lowest BCUT2D eigenvalue weighted by molar-refractivity contribution is 0.0945. The molecule has 0 spiro atoms. The summed E-state index contributed by atoms with van der Waals surface area (Å²) >= 11 is 0. The minimum absolute atomic E-state index is 0.284. The molecule has 3 amide bonds. The van der Waals surface area contributed by atoms with Gasteiger partial charge < -0.3 is 35.6 Å². The third-order valence-corrected chi connectivity index (χ3v) is 6.03. The zero-order chi connectivity index (χ0) is 28.6. The molecule has 3 aromatic heterocycles. The molecule has 3 heterocycles. The Morgan fingerprint density at radius 2 is 1.50 bits per heavy atom. The van der Waals surface area contributed by atoms with E-state index in [1.165, 1.54) is 6.20 Å². The van der Waals surface area contributed by atoms with Crippen LogP contribution in [-0.2, 0) is 14.1 Å². The summed E-state index contributed by atoms with van der Waals surface area (Å²) in [4.78, 5) is 42.3. The van der Waals surface area contributed by atoms with Gasteiger partial charge in [0.1, 0.15) is 17.1 Å². The second-order valence-corrected chi connectivity index (χ2v) is 8.98. The average molecular weight is 542 g/mol. The van der Waals surface area contributed by atoms with Crippen molar-refractivity contribution in [1.29, 1.82) is 0 Å². The van der Waals surface area contributed by atoms with Gasteiger partial charge in [0.2, 0.25) is 0 Å². The summed E-state index contributed by atoms with van der Waals surface area (Å²) in [6, 6.07) is 14.2. The molecule has 0 atom stereocenters. The van der Waals surface area contributed by atoms with Crippen molar-refractivity contribution in [2.45, 2.75) is 0 Å². The van der Waals surface area contributed by atoms with Crippen LogP contribution in [0.25, 0.3) is 12.2 Å². The quantitative estimate of drug-likeness (QED) is 0.243. The van der Waals surface area contributed by atoms with E-state index in [4.69, 9.17) is 10.5 Å². The van der Waals surface area contributed by atoms with Gasteiger partial charge >= 0.3 is 0 Å². The number of nitrogens with two attached hydrogens (primary N) is 1. The van der Waals surface area contributed by atoms with Crippen molar-refractivity contribution in [2.24, 2.45) is 19.8 Å². The summed E-state index contributed by atoms with van der Waals surface area (Å²) in [5, 5.41) is 8.28. The first-order valence-corrected chi connectivity index (χ1v) is 12.5. The SMILES string of the molecule is COc1ccc(/C=C/c2ccc(C(=O)Nc3cc(C(=O)Nc4cc(C(=O)NCCN)n(C)c4)n(C)c3)cn2)cc1. The molecule has 0 aliphatic heterocycles. The van der Waals surface area contributed by atoms with Crippen LogP contribution in [-0.4, -0.2) is 52.0 Å². The molecule has 40 heavy (non-hydrogen) atoms. The van der Waals surface area contributed by atoms with Gasteiger partial charge in [-0.3, -0.25) is 19.4 Å². The number of carbonyl (C=O) groups excluding carboxylic acids is 3. The van der Waals surface area contributed by atoms with Crippen molar-refractivity contribution in [2.75, 3.05) is 30.8 Å². The van der Waals surface area contributed by atoms with Crippen LogP contribution in [0.2, 0.25) is 0 Å². The maximum absolute atomic E-state index is 12.9. The number of aromatic nitrogens is 3. The highest BCUT2D eigenvalue weighted by Crippen LogP contribution is 2.19. The monoisotopic (exact) mass is 541 g/mol. The minimum atomic E-state index is -0.391. The van der Waals surface area contributed by atoms with E-state index in [0.29, 0.717) is 47.1 Å². The number of rotatable bonds is 10. The lowest BCUT2D eigenvalue weighted by Crippen LogP contribution is -2.30. The van der Waals surface area contributed by atoms with Crippen molar-refractivity contribution in [3.05, 3.63) is 95.3 Å². The van der Waals surface area contributed by atoms with Crippen molar-refractivity contribution < 1.29 is 19.1 Å². The van der Waals surface area contributed by atoms with E-state index in [1.807, 2.05) is 36.4 Å². The first-order valence-electron chi connectivity index (χ1n) is 12.5. The molecule has 206 valence electrons. The third-order valence-electron chi connectivity index (χ3n) is 6.03.